The maximum absolute atomic E-state index is 5.19. The first-order valence-electron chi connectivity index (χ1n) is 4.88. The van der Waals surface area contributed by atoms with Gasteiger partial charge in [0.1, 0.15) is 5.69 Å². The average molecular weight is 252 g/mol. The summed E-state index contributed by atoms with van der Waals surface area (Å²) in [5, 5.41) is 7.02. The molecule has 0 aliphatic heterocycles. The fourth-order valence-corrected chi connectivity index (χ4v) is 1.99. The van der Waals surface area contributed by atoms with Crippen molar-refractivity contribution in [3.05, 3.63) is 29.2 Å². The highest BCUT2D eigenvalue weighted by Crippen LogP contribution is 2.14. The molecule has 0 fully saturated rings. The van der Waals surface area contributed by atoms with E-state index in [4.69, 9.17) is 12.2 Å². The number of hydrogen-bond acceptors (Lipinski definition) is 4. The number of nitrogens with one attached hydrogen (secondary N) is 1. The van der Waals surface area contributed by atoms with Crippen molar-refractivity contribution in [1.82, 2.24) is 19.7 Å². The first-order valence-corrected chi connectivity index (χ1v) is 6.68. The van der Waals surface area contributed by atoms with E-state index < -0.39 is 0 Å². The zero-order valence-corrected chi connectivity index (χ0v) is 10.5. The van der Waals surface area contributed by atoms with Gasteiger partial charge in [-0.05, 0) is 30.6 Å². The summed E-state index contributed by atoms with van der Waals surface area (Å²) in [6.07, 6.45) is 3.83. The van der Waals surface area contributed by atoms with E-state index in [0.717, 1.165) is 23.8 Å². The van der Waals surface area contributed by atoms with Crippen molar-refractivity contribution in [1.29, 1.82) is 0 Å². The lowest BCUT2D eigenvalue weighted by molar-refractivity contribution is 0.762. The van der Waals surface area contributed by atoms with Crippen molar-refractivity contribution in [2.75, 3.05) is 12.0 Å². The highest BCUT2D eigenvalue weighted by molar-refractivity contribution is 7.98. The predicted octanol–water partition coefficient (Wildman–Crippen LogP) is 2.37. The Morgan fingerprint density at radius 1 is 1.50 bits per heavy atom. The quantitative estimate of drug-likeness (QED) is 0.849. The standard InChI is InChI=1S/C10H12N4S2/c1-16-7-6-14-9(12-13-10(14)15)8-4-2-3-5-11-8/h2-5H,6-7H2,1H3,(H,13,15). The molecular formula is C10H12N4S2. The van der Waals surface area contributed by atoms with Crippen molar-refractivity contribution in [2.45, 2.75) is 6.54 Å². The molecule has 0 bridgehead atoms. The summed E-state index contributed by atoms with van der Waals surface area (Å²) in [6, 6.07) is 5.76. The van der Waals surface area contributed by atoms with Crippen LogP contribution in [0, 0.1) is 4.77 Å². The summed E-state index contributed by atoms with van der Waals surface area (Å²) >= 11 is 6.98. The number of thioether (sulfide) groups is 1. The summed E-state index contributed by atoms with van der Waals surface area (Å²) in [7, 11) is 0. The van der Waals surface area contributed by atoms with Gasteiger partial charge >= 0.3 is 0 Å². The van der Waals surface area contributed by atoms with Crippen molar-refractivity contribution in [2.24, 2.45) is 0 Å². The molecule has 0 aliphatic carbocycles. The third-order valence-corrected chi connectivity index (χ3v) is 3.07. The highest BCUT2D eigenvalue weighted by Gasteiger charge is 2.08. The van der Waals surface area contributed by atoms with Crippen LogP contribution in [0.3, 0.4) is 0 Å². The summed E-state index contributed by atoms with van der Waals surface area (Å²) < 4.78 is 2.63. The van der Waals surface area contributed by atoms with E-state index in [1.807, 2.05) is 22.8 Å². The van der Waals surface area contributed by atoms with E-state index in [2.05, 4.69) is 21.4 Å². The minimum absolute atomic E-state index is 0.648. The van der Waals surface area contributed by atoms with Gasteiger partial charge in [0, 0.05) is 18.5 Å². The number of rotatable bonds is 4. The fourth-order valence-electron chi connectivity index (χ4n) is 1.40. The van der Waals surface area contributed by atoms with E-state index in [9.17, 15) is 0 Å². The summed E-state index contributed by atoms with van der Waals surface area (Å²) in [6.45, 7) is 0.850. The maximum Gasteiger partial charge on any atom is 0.195 e. The molecule has 0 atom stereocenters. The van der Waals surface area contributed by atoms with Gasteiger partial charge in [0.05, 0.1) is 0 Å². The van der Waals surface area contributed by atoms with E-state index in [1.54, 1.807) is 18.0 Å². The lowest BCUT2D eigenvalue weighted by atomic mass is 10.3. The topological polar surface area (TPSA) is 46.5 Å². The van der Waals surface area contributed by atoms with Gasteiger partial charge in [-0.25, -0.2) is 0 Å². The van der Waals surface area contributed by atoms with Crippen LogP contribution in [-0.4, -0.2) is 31.8 Å². The Kier molecular flexibility index (Phi) is 3.74. The molecule has 84 valence electrons. The van der Waals surface area contributed by atoms with Crippen LogP contribution in [0.25, 0.3) is 11.5 Å². The number of pyridine rings is 1. The van der Waals surface area contributed by atoms with Crippen LogP contribution in [0.15, 0.2) is 24.4 Å². The Hall–Kier alpha value is -1.14. The molecule has 0 aliphatic rings. The first kappa shape index (κ1) is 11.3. The van der Waals surface area contributed by atoms with Crippen molar-refractivity contribution in [3.8, 4) is 11.5 Å². The van der Waals surface area contributed by atoms with Gasteiger partial charge in [0.15, 0.2) is 10.6 Å². The Morgan fingerprint density at radius 3 is 3.06 bits per heavy atom. The second-order valence-corrected chi connectivity index (χ2v) is 4.58. The number of aromatic nitrogens is 4. The van der Waals surface area contributed by atoms with Crippen molar-refractivity contribution >= 4 is 24.0 Å². The van der Waals surface area contributed by atoms with Crippen LogP contribution in [0.2, 0.25) is 0 Å². The van der Waals surface area contributed by atoms with Crippen molar-refractivity contribution in [3.63, 3.8) is 0 Å². The molecule has 2 rings (SSSR count). The summed E-state index contributed by atoms with van der Waals surface area (Å²) in [5.41, 5.74) is 0.843. The van der Waals surface area contributed by atoms with Crippen LogP contribution in [0.1, 0.15) is 0 Å². The van der Waals surface area contributed by atoms with Crippen LogP contribution < -0.4 is 0 Å². The molecule has 16 heavy (non-hydrogen) atoms. The molecule has 0 saturated heterocycles. The third-order valence-electron chi connectivity index (χ3n) is 2.17. The Morgan fingerprint density at radius 2 is 2.38 bits per heavy atom. The second-order valence-electron chi connectivity index (χ2n) is 3.21. The number of nitrogens with zero attached hydrogens (tertiary/aromatic N) is 3. The van der Waals surface area contributed by atoms with Crippen LogP contribution in [0.5, 0.6) is 0 Å². The molecule has 6 heteroatoms. The predicted molar refractivity (Wildman–Crippen MR) is 69.0 cm³/mol. The molecule has 1 N–H and O–H groups in total. The van der Waals surface area contributed by atoms with Gasteiger partial charge in [0.25, 0.3) is 0 Å². The molecule has 0 amide bonds. The van der Waals surface area contributed by atoms with Gasteiger partial charge in [-0.2, -0.15) is 16.9 Å². The van der Waals surface area contributed by atoms with Gasteiger partial charge in [-0.1, -0.05) is 6.07 Å². The normalized spacial score (nSPS) is 10.6. The summed E-state index contributed by atoms with van der Waals surface area (Å²) in [4.78, 5) is 4.27. The molecular weight excluding hydrogens is 240 g/mol. The minimum Gasteiger partial charge on any atom is -0.298 e. The van der Waals surface area contributed by atoms with Crippen LogP contribution >= 0.6 is 24.0 Å². The molecule has 2 aromatic heterocycles. The molecule has 2 heterocycles. The van der Waals surface area contributed by atoms with E-state index in [-0.39, 0.29) is 0 Å². The molecule has 0 spiro atoms. The average Bonchev–Trinajstić information content (AvgIpc) is 2.69. The zero-order chi connectivity index (χ0) is 11.4. The number of H-pyrrole nitrogens is 1. The molecule has 4 nitrogen and oxygen atoms in total. The van der Waals surface area contributed by atoms with Gasteiger partial charge in [0.2, 0.25) is 0 Å². The number of aromatic amines is 1. The zero-order valence-electron chi connectivity index (χ0n) is 8.88. The van der Waals surface area contributed by atoms with Gasteiger partial charge < -0.3 is 0 Å². The molecule has 0 saturated carbocycles. The monoisotopic (exact) mass is 252 g/mol. The Bertz CT molecular complexity index is 503. The van der Waals surface area contributed by atoms with E-state index in [1.165, 1.54) is 0 Å². The Balaban J connectivity index is 2.38. The van der Waals surface area contributed by atoms with Crippen LogP contribution in [-0.2, 0) is 6.54 Å². The molecule has 2 aromatic rings. The SMILES string of the molecule is CSCCn1c(-c2ccccn2)n[nH]c1=S. The smallest absolute Gasteiger partial charge is 0.195 e. The van der Waals surface area contributed by atoms with E-state index in [0.29, 0.717) is 4.77 Å². The summed E-state index contributed by atoms with van der Waals surface area (Å²) in [5.74, 6) is 1.81. The second kappa shape index (κ2) is 5.27. The van der Waals surface area contributed by atoms with Gasteiger partial charge in [-0.3, -0.25) is 14.6 Å². The van der Waals surface area contributed by atoms with Crippen molar-refractivity contribution < 1.29 is 0 Å². The van der Waals surface area contributed by atoms with Gasteiger partial charge in [-0.15, -0.1) is 0 Å². The minimum atomic E-state index is 0.648. The lowest BCUT2D eigenvalue weighted by Gasteiger charge is -2.04. The largest absolute Gasteiger partial charge is 0.298 e. The molecule has 0 unspecified atom stereocenters. The lowest BCUT2D eigenvalue weighted by Crippen LogP contribution is -2.03. The van der Waals surface area contributed by atoms with E-state index >= 15 is 0 Å². The first-order chi connectivity index (χ1) is 7.83. The van der Waals surface area contributed by atoms with Crippen LogP contribution in [0.4, 0.5) is 0 Å². The maximum atomic E-state index is 5.19. The number of hydrogen-bond donors (Lipinski definition) is 1. The molecule has 0 radical (unpaired) electrons. The highest BCUT2D eigenvalue weighted by atomic mass is 32.2. The Labute approximate surface area is 103 Å². The fraction of sp³-hybridized carbons (Fsp3) is 0.300. The third kappa shape index (κ3) is 2.33. The molecule has 0 aromatic carbocycles.